The highest BCUT2D eigenvalue weighted by Gasteiger charge is 2.65. The Morgan fingerprint density at radius 3 is 2.56 bits per heavy atom. The Labute approximate surface area is 101 Å². The number of hydrogen-bond acceptors (Lipinski definition) is 4. The number of hydrogen-bond donors (Lipinski definition) is 3. The summed E-state index contributed by atoms with van der Waals surface area (Å²) in [6, 6.07) is 0. The molecule has 2 rings (SSSR count). The molecule has 0 radical (unpaired) electrons. The normalized spacial score (nSPS) is 18.9. The fraction of sp³-hybridized carbons (Fsp3) is 0.625. The first-order valence-corrected chi connectivity index (χ1v) is 6.53. The predicted octanol–water partition coefficient (Wildman–Crippen LogP) is 0.242. The van der Waals surface area contributed by atoms with Crippen molar-refractivity contribution in [2.45, 2.75) is 36.1 Å². The molecule has 1 fully saturated rings. The Hall–Kier alpha value is -1.13. The molecule has 18 heavy (non-hydrogen) atoms. The van der Waals surface area contributed by atoms with Gasteiger partial charge in [-0.25, -0.2) is 8.42 Å². The van der Waals surface area contributed by atoms with Crippen molar-refractivity contribution in [3.8, 4) is 0 Å². The molecule has 1 aliphatic carbocycles. The number of nitrogens with two attached hydrogens (primary N) is 1. The van der Waals surface area contributed by atoms with Crippen LogP contribution in [0, 0.1) is 0 Å². The number of sulfonamides is 1. The molecule has 102 valence electrons. The summed E-state index contributed by atoms with van der Waals surface area (Å²) in [6.07, 6.45) is -3.96. The van der Waals surface area contributed by atoms with Crippen LogP contribution in [0.2, 0.25) is 0 Å². The Balaban J connectivity index is 2.29. The van der Waals surface area contributed by atoms with Gasteiger partial charge in [-0.15, -0.1) is 0 Å². The topological polar surface area (TPSA) is 101 Å². The van der Waals surface area contributed by atoms with E-state index in [4.69, 9.17) is 5.73 Å². The molecule has 0 bridgehead atoms. The van der Waals surface area contributed by atoms with Crippen molar-refractivity contribution in [3.05, 3.63) is 11.8 Å². The van der Waals surface area contributed by atoms with Gasteiger partial charge in [0.25, 0.3) is 10.0 Å². The van der Waals surface area contributed by atoms with Crippen LogP contribution in [-0.2, 0) is 16.6 Å². The molecule has 0 unspecified atom stereocenters. The zero-order valence-corrected chi connectivity index (χ0v) is 9.90. The number of nitrogens with one attached hydrogen (secondary N) is 2. The standard InChI is InChI=1S/C8H11F3N4O2S/c9-8(10,11)7(1-2-7)15-18(16,17)6-5(3-12)4-13-14-6/h4,15H,1-3,12H2,(H,13,14). The van der Waals surface area contributed by atoms with Crippen LogP contribution in [0.15, 0.2) is 11.2 Å². The van der Waals surface area contributed by atoms with Gasteiger partial charge in [-0.3, -0.25) is 5.10 Å². The second kappa shape index (κ2) is 3.93. The molecule has 0 saturated heterocycles. The molecular weight excluding hydrogens is 273 g/mol. The van der Waals surface area contributed by atoms with E-state index in [1.54, 1.807) is 4.72 Å². The van der Waals surface area contributed by atoms with Crippen LogP contribution in [0.4, 0.5) is 13.2 Å². The molecule has 0 aliphatic heterocycles. The molecule has 0 aromatic carbocycles. The molecule has 4 N–H and O–H groups in total. The molecular formula is C8H11F3N4O2S. The number of nitrogens with zero attached hydrogens (tertiary/aromatic N) is 1. The van der Waals surface area contributed by atoms with Crippen molar-refractivity contribution >= 4 is 10.0 Å². The summed E-state index contributed by atoms with van der Waals surface area (Å²) in [6.45, 7) is -0.133. The maximum absolute atomic E-state index is 12.7. The summed E-state index contributed by atoms with van der Waals surface area (Å²) in [5, 5.41) is 5.20. The minimum atomic E-state index is -4.61. The Morgan fingerprint density at radius 1 is 1.50 bits per heavy atom. The molecule has 1 saturated carbocycles. The number of rotatable bonds is 4. The van der Waals surface area contributed by atoms with E-state index in [9.17, 15) is 21.6 Å². The van der Waals surface area contributed by atoms with Crippen molar-refractivity contribution in [1.82, 2.24) is 14.9 Å². The van der Waals surface area contributed by atoms with Crippen LogP contribution in [0.1, 0.15) is 18.4 Å². The largest absolute Gasteiger partial charge is 0.407 e. The van der Waals surface area contributed by atoms with Crippen molar-refractivity contribution in [3.63, 3.8) is 0 Å². The highest BCUT2D eigenvalue weighted by Crippen LogP contribution is 2.49. The van der Waals surface area contributed by atoms with Gasteiger partial charge < -0.3 is 5.73 Å². The number of alkyl halides is 3. The summed E-state index contributed by atoms with van der Waals surface area (Å²) in [5.41, 5.74) is 3.08. The first-order chi connectivity index (χ1) is 8.22. The fourth-order valence-electron chi connectivity index (χ4n) is 1.55. The molecule has 1 heterocycles. The maximum Gasteiger partial charge on any atom is 0.407 e. The fourth-order valence-corrected chi connectivity index (χ4v) is 3.14. The SMILES string of the molecule is NCc1cn[nH]c1S(=O)(=O)NC1(C(F)(F)F)CC1. The molecule has 10 heteroatoms. The third kappa shape index (κ3) is 2.10. The van der Waals surface area contributed by atoms with E-state index in [0.29, 0.717) is 0 Å². The second-order valence-electron chi connectivity index (χ2n) is 4.11. The summed E-state index contributed by atoms with van der Waals surface area (Å²) in [7, 11) is -4.31. The number of H-pyrrole nitrogens is 1. The van der Waals surface area contributed by atoms with Crippen molar-refractivity contribution < 1.29 is 21.6 Å². The quantitative estimate of drug-likeness (QED) is 0.737. The Bertz CT molecular complexity index is 547. The second-order valence-corrected chi connectivity index (χ2v) is 5.73. The van der Waals surface area contributed by atoms with Crippen molar-refractivity contribution in [2.75, 3.05) is 0 Å². The molecule has 1 aliphatic rings. The average molecular weight is 284 g/mol. The molecule has 6 nitrogen and oxygen atoms in total. The Morgan fingerprint density at radius 2 is 2.11 bits per heavy atom. The minimum Gasteiger partial charge on any atom is -0.326 e. The van der Waals surface area contributed by atoms with Gasteiger partial charge in [0.05, 0.1) is 6.20 Å². The lowest BCUT2D eigenvalue weighted by atomic mass is 10.3. The van der Waals surface area contributed by atoms with Crippen LogP contribution < -0.4 is 10.5 Å². The van der Waals surface area contributed by atoms with E-state index in [0.717, 1.165) is 0 Å². The van der Waals surface area contributed by atoms with Gasteiger partial charge in [-0.05, 0) is 12.8 Å². The molecule has 0 spiro atoms. The van der Waals surface area contributed by atoms with Crippen molar-refractivity contribution in [1.29, 1.82) is 0 Å². The highest BCUT2D eigenvalue weighted by atomic mass is 32.2. The monoisotopic (exact) mass is 284 g/mol. The average Bonchev–Trinajstić information content (AvgIpc) is 2.86. The van der Waals surface area contributed by atoms with Crippen LogP contribution in [0.5, 0.6) is 0 Å². The molecule has 0 atom stereocenters. The third-order valence-corrected chi connectivity index (χ3v) is 4.34. The van der Waals surface area contributed by atoms with E-state index >= 15 is 0 Å². The lowest BCUT2D eigenvalue weighted by molar-refractivity contribution is -0.160. The van der Waals surface area contributed by atoms with Crippen LogP contribution in [0.3, 0.4) is 0 Å². The van der Waals surface area contributed by atoms with Crippen LogP contribution in [-0.4, -0.2) is 30.3 Å². The Kier molecular flexibility index (Phi) is 2.91. The lowest BCUT2D eigenvalue weighted by Crippen LogP contribution is -2.48. The molecule has 1 aromatic heterocycles. The van der Waals surface area contributed by atoms with E-state index in [1.807, 2.05) is 0 Å². The first kappa shape index (κ1) is 13.3. The number of aromatic nitrogens is 2. The van der Waals surface area contributed by atoms with Gasteiger partial charge in [-0.1, -0.05) is 0 Å². The highest BCUT2D eigenvalue weighted by molar-refractivity contribution is 7.89. The van der Waals surface area contributed by atoms with Crippen LogP contribution in [0.25, 0.3) is 0 Å². The van der Waals surface area contributed by atoms with E-state index in [-0.39, 0.29) is 24.9 Å². The van der Waals surface area contributed by atoms with Gasteiger partial charge in [0.1, 0.15) is 5.54 Å². The zero-order valence-electron chi connectivity index (χ0n) is 9.08. The van der Waals surface area contributed by atoms with Crippen molar-refractivity contribution in [2.24, 2.45) is 5.73 Å². The number of aromatic amines is 1. The summed E-state index contributed by atoms with van der Waals surface area (Å²) in [5.74, 6) is 0. The van der Waals surface area contributed by atoms with Gasteiger partial charge in [0.2, 0.25) is 0 Å². The van der Waals surface area contributed by atoms with Gasteiger partial charge in [0.15, 0.2) is 5.03 Å². The van der Waals surface area contributed by atoms with E-state index < -0.39 is 26.8 Å². The first-order valence-electron chi connectivity index (χ1n) is 5.05. The van der Waals surface area contributed by atoms with Crippen LogP contribution >= 0.6 is 0 Å². The zero-order chi connectivity index (χ0) is 13.6. The summed E-state index contributed by atoms with van der Waals surface area (Å²) in [4.78, 5) is 0. The molecule has 0 amide bonds. The van der Waals surface area contributed by atoms with Gasteiger partial charge in [0, 0.05) is 12.1 Å². The van der Waals surface area contributed by atoms with Gasteiger partial charge >= 0.3 is 6.18 Å². The van der Waals surface area contributed by atoms with E-state index in [1.165, 1.54) is 6.20 Å². The van der Waals surface area contributed by atoms with Gasteiger partial charge in [-0.2, -0.15) is 23.0 Å². The smallest absolute Gasteiger partial charge is 0.326 e. The lowest BCUT2D eigenvalue weighted by Gasteiger charge is -2.20. The number of halogens is 3. The minimum absolute atomic E-state index is 0.133. The maximum atomic E-state index is 12.7. The molecule has 1 aromatic rings. The summed E-state index contributed by atoms with van der Waals surface area (Å²) >= 11 is 0. The predicted molar refractivity (Wildman–Crippen MR) is 54.8 cm³/mol. The summed E-state index contributed by atoms with van der Waals surface area (Å²) < 4.78 is 63.4. The third-order valence-electron chi connectivity index (χ3n) is 2.79. The van der Waals surface area contributed by atoms with E-state index in [2.05, 4.69) is 10.2 Å².